The zero-order valence-electron chi connectivity index (χ0n) is 14.2. The van der Waals surface area contributed by atoms with Gasteiger partial charge in [0.05, 0.1) is 11.8 Å². The van der Waals surface area contributed by atoms with E-state index in [0.717, 1.165) is 38.3 Å². The number of nitrogens with one attached hydrogen (secondary N) is 1. The Balaban J connectivity index is 1.25. The molecular formula is C17H24N4O2S. The van der Waals surface area contributed by atoms with Crippen molar-refractivity contribution in [3.8, 4) is 0 Å². The highest BCUT2D eigenvalue weighted by Crippen LogP contribution is 2.32. The van der Waals surface area contributed by atoms with Crippen molar-refractivity contribution in [3.63, 3.8) is 0 Å². The lowest BCUT2D eigenvalue weighted by atomic mass is 9.93. The number of rotatable bonds is 5. The molecule has 1 unspecified atom stereocenters. The van der Waals surface area contributed by atoms with Crippen molar-refractivity contribution >= 4 is 11.3 Å². The van der Waals surface area contributed by atoms with Crippen LogP contribution in [0.3, 0.4) is 0 Å². The van der Waals surface area contributed by atoms with Crippen LogP contribution < -0.4 is 5.32 Å². The van der Waals surface area contributed by atoms with E-state index < -0.39 is 0 Å². The van der Waals surface area contributed by atoms with Crippen molar-refractivity contribution in [3.05, 3.63) is 27.3 Å². The van der Waals surface area contributed by atoms with E-state index >= 15 is 0 Å². The SMILES string of the molecule is Cc1noc([C@@H]2CC[C@H](CNCc3nc4c(s3)CC(C)CC4)O2)n1. The summed E-state index contributed by atoms with van der Waals surface area (Å²) in [6, 6.07) is 0. The molecule has 1 saturated heterocycles. The zero-order valence-corrected chi connectivity index (χ0v) is 15.1. The molecule has 0 aromatic carbocycles. The van der Waals surface area contributed by atoms with E-state index in [4.69, 9.17) is 14.2 Å². The lowest BCUT2D eigenvalue weighted by Gasteiger charge is -2.15. The maximum atomic E-state index is 6.02. The van der Waals surface area contributed by atoms with E-state index in [9.17, 15) is 0 Å². The minimum atomic E-state index is -0.0494. The summed E-state index contributed by atoms with van der Waals surface area (Å²) in [6.07, 6.45) is 5.73. The molecule has 2 aliphatic rings. The number of aryl methyl sites for hydroxylation is 2. The van der Waals surface area contributed by atoms with Crippen LogP contribution in [-0.2, 0) is 24.1 Å². The van der Waals surface area contributed by atoms with Gasteiger partial charge in [-0.25, -0.2) is 4.98 Å². The molecule has 3 heterocycles. The van der Waals surface area contributed by atoms with Gasteiger partial charge in [-0.15, -0.1) is 11.3 Å². The van der Waals surface area contributed by atoms with Crippen LogP contribution in [0.25, 0.3) is 0 Å². The molecule has 1 aliphatic carbocycles. The van der Waals surface area contributed by atoms with Crippen molar-refractivity contribution < 1.29 is 9.26 Å². The Bertz CT molecular complexity index is 699. The van der Waals surface area contributed by atoms with Crippen LogP contribution in [-0.4, -0.2) is 27.8 Å². The Morgan fingerprint density at radius 2 is 2.17 bits per heavy atom. The summed E-state index contributed by atoms with van der Waals surface area (Å²) in [6.45, 7) is 5.83. The molecule has 0 spiro atoms. The van der Waals surface area contributed by atoms with Crippen LogP contribution in [0.2, 0.25) is 0 Å². The van der Waals surface area contributed by atoms with Gasteiger partial charge in [-0.1, -0.05) is 12.1 Å². The molecule has 2 aromatic rings. The zero-order chi connectivity index (χ0) is 16.5. The second-order valence-corrected chi connectivity index (χ2v) is 8.13. The number of hydrogen-bond acceptors (Lipinski definition) is 7. The third kappa shape index (κ3) is 3.53. The lowest BCUT2D eigenvalue weighted by Crippen LogP contribution is -2.26. The van der Waals surface area contributed by atoms with E-state index in [-0.39, 0.29) is 12.2 Å². The summed E-state index contributed by atoms with van der Waals surface area (Å²) in [5.41, 5.74) is 1.33. The van der Waals surface area contributed by atoms with Gasteiger partial charge in [0.15, 0.2) is 5.82 Å². The number of nitrogens with zero attached hydrogens (tertiary/aromatic N) is 3. The molecule has 7 heteroatoms. The van der Waals surface area contributed by atoms with Crippen LogP contribution in [0.4, 0.5) is 0 Å². The summed E-state index contributed by atoms with van der Waals surface area (Å²) in [4.78, 5) is 10.6. The highest BCUT2D eigenvalue weighted by atomic mass is 32.1. The van der Waals surface area contributed by atoms with Crippen molar-refractivity contribution in [2.24, 2.45) is 5.92 Å². The Morgan fingerprint density at radius 1 is 1.25 bits per heavy atom. The van der Waals surface area contributed by atoms with Crippen LogP contribution >= 0.6 is 11.3 Å². The fourth-order valence-electron chi connectivity index (χ4n) is 3.49. The monoisotopic (exact) mass is 348 g/mol. The first-order chi connectivity index (χ1) is 11.7. The first-order valence-electron chi connectivity index (χ1n) is 8.81. The quantitative estimate of drug-likeness (QED) is 0.895. The van der Waals surface area contributed by atoms with Gasteiger partial charge < -0.3 is 14.6 Å². The Labute approximate surface area is 146 Å². The Kier molecular flexibility index (Phi) is 4.65. The molecule has 0 saturated carbocycles. The number of thiazole rings is 1. The van der Waals surface area contributed by atoms with Crippen LogP contribution in [0.5, 0.6) is 0 Å². The van der Waals surface area contributed by atoms with Gasteiger partial charge in [-0.05, 0) is 44.9 Å². The predicted molar refractivity (Wildman–Crippen MR) is 90.9 cm³/mol. The molecule has 3 atom stereocenters. The Morgan fingerprint density at radius 3 is 3.00 bits per heavy atom. The van der Waals surface area contributed by atoms with Gasteiger partial charge >= 0.3 is 0 Å². The fraction of sp³-hybridized carbons (Fsp3) is 0.706. The molecule has 130 valence electrons. The standard InChI is InChI=1S/C17H24N4O2S/c1-10-3-5-13-15(7-10)24-16(20-13)9-18-8-12-4-6-14(22-12)17-19-11(2)21-23-17/h10,12,14,18H,3-9H2,1-2H3/t10?,12-,14+/m1/s1. The van der Waals surface area contributed by atoms with Gasteiger partial charge in [0.1, 0.15) is 11.1 Å². The largest absolute Gasteiger partial charge is 0.364 e. The van der Waals surface area contributed by atoms with Crippen molar-refractivity contribution in [2.75, 3.05) is 6.54 Å². The maximum Gasteiger partial charge on any atom is 0.255 e. The smallest absolute Gasteiger partial charge is 0.255 e. The van der Waals surface area contributed by atoms with E-state index in [2.05, 4.69) is 22.4 Å². The lowest BCUT2D eigenvalue weighted by molar-refractivity contribution is 0.0264. The van der Waals surface area contributed by atoms with Gasteiger partial charge in [0.25, 0.3) is 5.89 Å². The summed E-state index contributed by atoms with van der Waals surface area (Å²) in [5, 5.41) is 8.54. The molecular weight excluding hydrogens is 324 g/mol. The summed E-state index contributed by atoms with van der Waals surface area (Å²) in [5.74, 6) is 2.07. The Hall–Kier alpha value is -1.31. The van der Waals surface area contributed by atoms with Gasteiger partial charge in [0, 0.05) is 18.0 Å². The van der Waals surface area contributed by atoms with Crippen molar-refractivity contribution in [1.82, 2.24) is 20.4 Å². The molecule has 24 heavy (non-hydrogen) atoms. The molecule has 0 bridgehead atoms. The molecule has 4 rings (SSSR count). The minimum absolute atomic E-state index is 0.0494. The molecule has 1 N–H and O–H groups in total. The minimum Gasteiger partial charge on any atom is -0.364 e. The first-order valence-corrected chi connectivity index (χ1v) is 9.63. The summed E-state index contributed by atoms with van der Waals surface area (Å²) in [7, 11) is 0. The number of fused-ring (bicyclic) bond motifs is 1. The third-order valence-corrected chi connectivity index (χ3v) is 5.92. The second-order valence-electron chi connectivity index (χ2n) is 6.96. The van der Waals surface area contributed by atoms with Crippen LogP contribution in [0.15, 0.2) is 4.52 Å². The van der Waals surface area contributed by atoms with Gasteiger partial charge in [-0.2, -0.15) is 4.98 Å². The predicted octanol–water partition coefficient (Wildman–Crippen LogP) is 2.97. The summed E-state index contributed by atoms with van der Waals surface area (Å²) >= 11 is 1.87. The average molecular weight is 348 g/mol. The summed E-state index contributed by atoms with van der Waals surface area (Å²) < 4.78 is 11.2. The molecule has 1 aliphatic heterocycles. The molecule has 0 radical (unpaired) electrons. The topological polar surface area (TPSA) is 73.1 Å². The van der Waals surface area contributed by atoms with E-state index in [1.807, 2.05) is 18.3 Å². The molecule has 2 aromatic heterocycles. The fourth-order valence-corrected chi connectivity index (χ4v) is 4.74. The van der Waals surface area contributed by atoms with Crippen LogP contribution in [0, 0.1) is 12.8 Å². The van der Waals surface area contributed by atoms with E-state index in [0.29, 0.717) is 11.7 Å². The highest BCUT2D eigenvalue weighted by Gasteiger charge is 2.30. The highest BCUT2D eigenvalue weighted by molar-refractivity contribution is 7.11. The third-order valence-electron chi connectivity index (χ3n) is 4.80. The van der Waals surface area contributed by atoms with Gasteiger partial charge in [0.2, 0.25) is 0 Å². The van der Waals surface area contributed by atoms with Crippen molar-refractivity contribution in [1.29, 1.82) is 0 Å². The van der Waals surface area contributed by atoms with E-state index in [1.165, 1.54) is 28.4 Å². The first kappa shape index (κ1) is 16.2. The molecule has 6 nitrogen and oxygen atoms in total. The number of hydrogen-bond donors (Lipinski definition) is 1. The van der Waals surface area contributed by atoms with Gasteiger partial charge in [-0.3, -0.25) is 0 Å². The second kappa shape index (κ2) is 6.90. The number of aromatic nitrogens is 3. The van der Waals surface area contributed by atoms with E-state index in [1.54, 1.807) is 0 Å². The number of ether oxygens (including phenoxy) is 1. The van der Waals surface area contributed by atoms with Crippen molar-refractivity contribution in [2.45, 2.75) is 64.7 Å². The molecule has 1 fully saturated rings. The maximum absolute atomic E-state index is 6.02. The average Bonchev–Trinajstić information content (AvgIpc) is 3.26. The molecule has 0 amide bonds. The van der Waals surface area contributed by atoms with Crippen LogP contribution in [0.1, 0.15) is 59.6 Å². The normalized spacial score (nSPS) is 26.7.